The second kappa shape index (κ2) is 11.4. The summed E-state index contributed by atoms with van der Waals surface area (Å²) in [4.78, 5) is 43.8. The second-order valence-electron chi connectivity index (χ2n) is 10.8. The smallest absolute Gasteiger partial charge is 0.417 e. The highest BCUT2D eigenvalue weighted by Gasteiger charge is 2.36. The molecule has 0 fully saturated rings. The molecule has 42 heavy (non-hydrogen) atoms. The quantitative estimate of drug-likeness (QED) is 0.389. The molecule has 1 atom stereocenters. The molecule has 0 saturated carbocycles. The number of hydrogen-bond donors (Lipinski definition) is 2. The van der Waals surface area contributed by atoms with Gasteiger partial charge in [0.05, 0.1) is 21.7 Å². The minimum Gasteiger partial charge on any atom is -0.443 e. The van der Waals surface area contributed by atoms with E-state index < -0.39 is 74.7 Å². The standard InChI is InChI=1S/C26H26F5N5O5S/c1-25(2,3)23(38)34-19-4-15(26(29,30)31)7-33-20(19)12-41-24(39)36-10-13-8-35(9-14(13)11-36)22(37)16-5-18(28)21(42(32)40)6-17(16)27/h4-7H,8-12,32H2,1-3H3,(H,34,38). The predicted molar refractivity (Wildman–Crippen MR) is 139 cm³/mol. The third-order valence-corrected chi connectivity index (χ3v) is 7.35. The van der Waals surface area contributed by atoms with Crippen LogP contribution in [0, 0.1) is 17.0 Å². The zero-order chi connectivity index (χ0) is 31.1. The number of anilines is 1. The van der Waals surface area contributed by atoms with Gasteiger partial charge in [0.1, 0.15) is 34.9 Å². The molecule has 0 radical (unpaired) electrons. The lowest BCUT2D eigenvalue weighted by atomic mass is 9.95. The number of benzene rings is 1. The van der Waals surface area contributed by atoms with Gasteiger partial charge in [0, 0.05) is 37.8 Å². The van der Waals surface area contributed by atoms with Gasteiger partial charge in [0.25, 0.3) is 5.91 Å². The molecule has 3 amide bonds. The molecule has 16 heteroatoms. The molecule has 0 spiro atoms. The maximum absolute atomic E-state index is 14.4. The van der Waals surface area contributed by atoms with Gasteiger partial charge in [-0.2, -0.15) is 13.2 Å². The van der Waals surface area contributed by atoms with E-state index in [-0.39, 0.29) is 37.6 Å². The molecule has 10 nitrogen and oxygen atoms in total. The summed E-state index contributed by atoms with van der Waals surface area (Å²) >= 11 is 0. The van der Waals surface area contributed by atoms with E-state index in [1.807, 2.05) is 0 Å². The predicted octanol–water partition coefficient (Wildman–Crippen LogP) is 3.75. The number of amides is 3. The van der Waals surface area contributed by atoms with E-state index in [1.165, 1.54) is 9.80 Å². The van der Waals surface area contributed by atoms with Gasteiger partial charge in [-0.05, 0) is 29.3 Å². The zero-order valence-electron chi connectivity index (χ0n) is 22.6. The largest absolute Gasteiger partial charge is 0.443 e. The lowest BCUT2D eigenvalue weighted by Gasteiger charge is -2.23. The molecular formula is C26H26F5N5O5S. The number of pyridine rings is 1. The van der Waals surface area contributed by atoms with Crippen LogP contribution in [-0.2, 0) is 33.3 Å². The Kier molecular flexibility index (Phi) is 8.42. The maximum Gasteiger partial charge on any atom is 0.417 e. The minimum atomic E-state index is -4.71. The Morgan fingerprint density at radius 2 is 1.60 bits per heavy atom. The van der Waals surface area contributed by atoms with Crippen molar-refractivity contribution >= 4 is 34.6 Å². The summed E-state index contributed by atoms with van der Waals surface area (Å²) in [7, 11) is -2.28. The number of alkyl halides is 3. The van der Waals surface area contributed by atoms with Crippen molar-refractivity contribution in [1.29, 1.82) is 0 Å². The summed E-state index contributed by atoms with van der Waals surface area (Å²) in [5.74, 6) is -3.54. The molecule has 0 saturated heterocycles. The number of nitrogens with zero attached hydrogens (tertiary/aromatic N) is 3. The Hall–Kier alpha value is -3.92. The molecule has 3 heterocycles. The Labute approximate surface area is 239 Å². The maximum atomic E-state index is 14.4. The van der Waals surface area contributed by atoms with Gasteiger partial charge in [0.15, 0.2) is 0 Å². The van der Waals surface area contributed by atoms with Crippen molar-refractivity contribution in [3.8, 4) is 0 Å². The number of carbonyl (C=O) groups excluding carboxylic acids is 3. The lowest BCUT2D eigenvalue weighted by Crippen LogP contribution is -2.37. The van der Waals surface area contributed by atoms with Crippen LogP contribution in [0.1, 0.15) is 42.4 Å². The number of carbonyl (C=O) groups is 3. The van der Waals surface area contributed by atoms with E-state index in [1.54, 1.807) is 20.8 Å². The highest BCUT2D eigenvalue weighted by atomic mass is 32.2. The minimum absolute atomic E-state index is 0.0347. The van der Waals surface area contributed by atoms with E-state index in [4.69, 9.17) is 9.88 Å². The van der Waals surface area contributed by atoms with Gasteiger partial charge in [-0.3, -0.25) is 14.6 Å². The van der Waals surface area contributed by atoms with Crippen molar-refractivity contribution < 1.29 is 45.3 Å². The van der Waals surface area contributed by atoms with Gasteiger partial charge >= 0.3 is 12.3 Å². The van der Waals surface area contributed by atoms with E-state index in [9.17, 15) is 40.5 Å². The van der Waals surface area contributed by atoms with Crippen molar-refractivity contribution in [3.05, 3.63) is 64.0 Å². The second-order valence-corrected chi connectivity index (χ2v) is 11.8. The van der Waals surface area contributed by atoms with E-state index >= 15 is 0 Å². The molecule has 4 rings (SSSR count). The van der Waals surface area contributed by atoms with Gasteiger partial charge in [-0.1, -0.05) is 20.8 Å². The van der Waals surface area contributed by atoms with Crippen LogP contribution in [0.15, 0.2) is 40.4 Å². The first-order chi connectivity index (χ1) is 19.5. The average molecular weight is 616 g/mol. The SMILES string of the molecule is CC(C)(C)C(=O)Nc1cc(C(F)(F)F)cnc1COC(=O)N1CC2=C(C1)CN(C(=O)c1cc(F)c(S(N)=O)cc1F)C2. The summed E-state index contributed by atoms with van der Waals surface area (Å²) < 4.78 is 84.9. The van der Waals surface area contributed by atoms with E-state index in [0.29, 0.717) is 29.5 Å². The molecule has 2 aromatic rings. The molecule has 1 aromatic heterocycles. The first-order valence-electron chi connectivity index (χ1n) is 12.4. The topological polar surface area (TPSA) is 135 Å². The molecule has 1 unspecified atom stereocenters. The van der Waals surface area contributed by atoms with Crippen molar-refractivity contribution in [2.45, 2.75) is 38.4 Å². The number of hydrogen-bond acceptors (Lipinski definition) is 6. The fourth-order valence-corrected chi connectivity index (χ4v) is 4.74. The highest BCUT2D eigenvalue weighted by molar-refractivity contribution is 7.82. The number of nitrogens with two attached hydrogens (primary N) is 1. The van der Waals surface area contributed by atoms with E-state index in [2.05, 4.69) is 10.3 Å². The summed E-state index contributed by atoms with van der Waals surface area (Å²) in [6.07, 6.45) is -4.95. The first kappa shape index (κ1) is 31.0. The van der Waals surface area contributed by atoms with Crippen molar-refractivity contribution in [3.63, 3.8) is 0 Å². The number of halogens is 5. The molecule has 2 aliphatic rings. The van der Waals surface area contributed by atoms with Crippen LogP contribution in [0.3, 0.4) is 0 Å². The zero-order valence-corrected chi connectivity index (χ0v) is 23.4. The van der Waals surface area contributed by atoms with Crippen LogP contribution >= 0.6 is 0 Å². The van der Waals surface area contributed by atoms with Crippen LogP contribution in [0.2, 0.25) is 0 Å². The summed E-state index contributed by atoms with van der Waals surface area (Å²) in [6.45, 7) is 4.39. The number of nitrogens with one attached hydrogen (secondary N) is 1. The fourth-order valence-electron chi connectivity index (χ4n) is 4.27. The van der Waals surface area contributed by atoms with Crippen LogP contribution in [0.5, 0.6) is 0 Å². The number of ether oxygens (including phenoxy) is 1. The van der Waals surface area contributed by atoms with Crippen LogP contribution in [0.25, 0.3) is 0 Å². The third kappa shape index (κ3) is 6.59. The van der Waals surface area contributed by atoms with Gasteiger partial charge < -0.3 is 19.9 Å². The normalized spacial score (nSPS) is 16.0. The van der Waals surface area contributed by atoms with Gasteiger partial charge in [-0.25, -0.2) is 22.9 Å². The molecular weight excluding hydrogens is 589 g/mol. The van der Waals surface area contributed by atoms with Crippen LogP contribution in [0.4, 0.5) is 32.4 Å². The average Bonchev–Trinajstić information content (AvgIpc) is 3.47. The Balaban J connectivity index is 1.38. The Morgan fingerprint density at radius 1 is 1.00 bits per heavy atom. The van der Waals surface area contributed by atoms with Crippen molar-refractivity contribution in [2.24, 2.45) is 10.6 Å². The summed E-state index contributed by atoms with van der Waals surface area (Å²) in [6, 6.07) is 1.96. The van der Waals surface area contributed by atoms with Gasteiger partial charge in [-0.15, -0.1) is 0 Å². The van der Waals surface area contributed by atoms with Crippen molar-refractivity contribution in [1.82, 2.24) is 14.8 Å². The molecule has 1 aromatic carbocycles. The van der Waals surface area contributed by atoms with E-state index in [0.717, 1.165) is 6.07 Å². The Bertz CT molecular complexity index is 1500. The Morgan fingerprint density at radius 3 is 2.14 bits per heavy atom. The number of aromatic nitrogens is 1. The van der Waals surface area contributed by atoms with Crippen LogP contribution < -0.4 is 10.5 Å². The number of rotatable bonds is 5. The molecule has 3 N–H and O–H groups in total. The molecule has 0 aliphatic carbocycles. The molecule has 0 bridgehead atoms. The summed E-state index contributed by atoms with van der Waals surface area (Å²) in [5, 5.41) is 7.52. The molecule has 226 valence electrons. The van der Waals surface area contributed by atoms with Gasteiger partial charge in [0.2, 0.25) is 5.91 Å². The van der Waals surface area contributed by atoms with Crippen molar-refractivity contribution in [2.75, 3.05) is 31.5 Å². The third-order valence-electron chi connectivity index (χ3n) is 6.60. The van der Waals surface area contributed by atoms with Crippen LogP contribution in [-0.4, -0.2) is 63.1 Å². The first-order valence-corrected chi connectivity index (χ1v) is 13.6. The lowest BCUT2D eigenvalue weighted by molar-refractivity contribution is -0.137. The summed E-state index contributed by atoms with van der Waals surface area (Å²) in [5.41, 5.74) is -1.54. The molecule has 2 aliphatic heterocycles. The monoisotopic (exact) mass is 615 g/mol. The highest BCUT2D eigenvalue weighted by Crippen LogP contribution is 2.33. The fraction of sp³-hybridized carbons (Fsp3) is 0.385.